The molecule has 1 aromatic rings. The predicted molar refractivity (Wildman–Crippen MR) is 80.0 cm³/mol. The van der Waals surface area contributed by atoms with Crippen molar-refractivity contribution in [2.45, 2.75) is 18.9 Å². The van der Waals surface area contributed by atoms with E-state index < -0.39 is 21.8 Å². The molecule has 21 heavy (non-hydrogen) atoms. The van der Waals surface area contributed by atoms with Crippen LogP contribution in [0.3, 0.4) is 0 Å². The zero-order valence-electron chi connectivity index (χ0n) is 12.2. The van der Waals surface area contributed by atoms with E-state index in [0.717, 1.165) is 5.56 Å². The zero-order valence-corrected chi connectivity index (χ0v) is 13.1. The molecule has 1 aromatic carbocycles. The molecule has 1 unspecified atom stereocenters. The fraction of sp³-hybridized carbons (Fsp3) is 0.500. The lowest BCUT2D eigenvalue weighted by molar-refractivity contribution is -0.142. The van der Waals surface area contributed by atoms with Gasteiger partial charge in [0.15, 0.2) is 0 Å². The van der Waals surface area contributed by atoms with Gasteiger partial charge in [0, 0.05) is 6.26 Å². The number of hydrogen-bond acceptors (Lipinski definition) is 6. The Morgan fingerprint density at radius 2 is 1.90 bits per heavy atom. The monoisotopic (exact) mass is 315 g/mol. The number of carbonyl (C=O) groups excluding carboxylic acids is 1. The number of methoxy groups -OCH3 is 1. The van der Waals surface area contributed by atoms with Crippen molar-refractivity contribution in [1.82, 2.24) is 0 Å². The highest BCUT2D eigenvalue weighted by Crippen LogP contribution is 2.13. The normalized spacial score (nSPS) is 12.7. The molecule has 0 aliphatic rings. The molecule has 1 atom stereocenters. The van der Waals surface area contributed by atoms with Gasteiger partial charge in [0.1, 0.15) is 21.6 Å². The van der Waals surface area contributed by atoms with E-state index in [9.17, 15) is 13.2 Å². The fourth-order valence-electron chi connectivity index (χ4n) is 1.72. The van der Waals surface area contributed by atoms with Crippen LogP contribution in [0.2, 0.25) is 0 Å². The molecule has 0 aromatic heterocycles. The minimum atomic E-state index is -2.95. The first kappa shape index (κ1) is 17.5. The van der Waals surface area contributed by atoms with E-state index in [0.29, 0.717) is 25.2 Å². The van der Waals surface area contributed by atoms with Crippen molar-refractivity contribution in [3.05, 3.63) is 29.8 Å². The summed E-state index contributed by atoms with van der Waals surface area (Å²) in [6.07, 6.45) is 2.04. The lowest BCUT2D eigenvalue weighted by Gasteiger charge is -2.10. The maximum Gasteiger partial charge on any atom is 0.322 e. The first-order valence-corrected chi connectivity index (χ1v) is 8.61. The molecule has 0 spiro atoms. The van der Waals surface area contributed by atoms with Gasteiger partial charge >= 0.3 is 5.97 Å². The molecule has 1 rings (SSSR count). The van der Waals surface area contributed by atoms with E-state index in [4.69, 9.17) is 10.5 Å². The Morgan fingerprint density at radius 1 is 1.29 bits per heavy atom. The Kier molecular flexibility index (Phi) is 6.64. The highest BCUT2D eigenvalue weighted by Gasteiger charge is 2.14. The highest BCUT2D eigenvalue weighted by atomic mass is 32.2. The molecule has 0 bridgehead atoms. The topological polar surface area (TPSA) is 95.7 Å². The molecule has 2 N–H and O–H groups in total. The van der Waals surface area contributed by atoms with Crippen molar-refractivity contribution < 1.29 is 22.7 Å². The summed E-state index contributed by atoms with van der Waals surface area (Å²) in [5, 5.41) is 0. The number of nitrogens with two attached hydrogens (primary N) is 1. The second kappa shape index (κ2) is 7.99. The van der Waals surface area contributed by atoms with Gasteiger partial charge < -0.3 is 15.2 Å². The van der Waals surface area contributed by atoms with Gasteiger partial charge in [-0.1, -0.05) is 12.1 Å². The van der Waals surface area contributed by atoms with Crippen molar-refractivity contribution >= 4 is 15.8 Å². The Labute approximate surface area is 125 Å². The average Bonchev–Trinajstić information content (AvgIpc) is 2.43. The molecular weight excluding hydrogens is 294 g/mol. The average molecular weight is 315 g/mol. The van der Waals surface area contributed by atoms with Gasteiger partial charge in [0.2, 0.25) is 0 Å². The van der Waals surface area contributed by atoms with Gasteiger partial charge in [-0.15, -0.1) is 0 Å². The van der Waals surface area contributed by atoms with Gasteiger partial charge in [-0.05, 0) is 30.5 Å². The van der Waals surface area contributed by atoms with E-state index in [1.54, 1.807) is 12.1 Å². The number of sulfone groups is 1. The smallest absolute Gasteiger partial charge is 0.322 e. The predicted octanol–water partition coefficient (Wildman–Crippen LogP) is 0.543. The third kappa shape index (κ3) is 7.10. The Bertz CT molecular complexity index is 553. The summed E-state index contributed by atoms with van der Waals surface area (Å²) in [6.45, 7) is 0.341. The van der Waals surface area contributed by atoms with Crippen molar-refractivity contribution in [3.8, 4) is 5.75 Å². The van der Waals surface area contributed by atoms with Gasteiger partial charge in [-0.2, -0.15) is 0 Å². The maximum absolute atomic E-state index is 11.2. The van der Waals surface area contributed by atoms with Gasteiger partial charge in [0.25, 0.3) is 0 Å². The molecule has 118 valence electrons. The third-order valence-corrected chi connectivity index (χ3v) is 3.84. The molecule has 6 nitrogen and oxygen atoms in total. The molecule has 0 amide bonds. The van der Waals surface area contributed by atoms with Crippen LogP contribution in [0.5, 0.6) is 5.75 Å². The van der Waals surface area contributed by atoms with Crippen LogP contribution in [0.15, 0.2) is 24.3 Å². The van der Waals surface area contributed by atoms with Crippen LogP contribution >= 0.6 is 0 Å². The molecule has 0 heterocycles. The van der Waals surface area contributed by atoms with Crippen molar-refractivity contribution in [1.29, 1.82) is 0 Å². The molecular formula is C14H21NO5S. The first-order valence-electron chi connectivity index (χ1n) is 6.54. The Balaban J connectivity index is 2.42. The molecule has 0 aliphatic heterocycles. The van der Waals surface area contributed by atoms with E-state index in [1.807, 2.05) is 12.1 Å². The SMILES string of the molecule is COC(=O)C(N)Cc1ccc(OCCCS(C)(=O)=O)cc1. The number of rotatable bonds is 8. The van der Waals surface area contributed by atoms with Crippen LogP contribution in [0, 0.1) is 0 Å². The van der Waals surface area contributed by atoms with Crippen LogP contribution in [0.1, 0.15) is 12.0 Å². The molecule has 0 saturated heterocycles. The minimum absolute atomic E-state index is 0.110. The minimum Gasteiger partial charge on any atom is -0.494 e. The zero-order chi connectivity index (χ0) is 15.9. The summed E-state index contributed by atoms with van der Waals surface area (Å²) in [5.74, 6) is 0.314. The third-order valence-electron chi connectivity index (χ3n) is 2.81. The van der Waals surface area contributed by atoms with Crippen molar-refractivity contribution in [2.24, 2.45) is 5.73 Å². The van der Waals surface area contributed by atoms with Crippen LogP contribution in [0.25, 0.3) is 0 Å². The maximum atomic E-state index is 11.2. The number of carbonyl (C=O) groups is 1. The number of benzene rings is 1. The fourth-order valence-corrected chi connectivity index (χ4v) is 2.36. The largest absolute Gasteiger partial charge is 0.494 e. The van der Waals surface area contributed by atoms with Crippen LogP contribution in [0.4, 0.5) is 0 Å². The van der Waals surface area contributed by atoms with Crippen LogP contribution < -0.4 is 10.5 Å². The summed E-state index contributed by atoms with van der Waals surface area (Å²) >= 11 is 0. The molecule has 0 aliphatic carbocycles. The number of ether oxygens (including phenoxy) is 2. The standard InChI is InChI=1S/C14H21NO5S/c1-19-14(16)13(15)10-11-4-6-12(7-5-11)20-8-3-9-21(2,17)18/h4-7,13H,3,8-10,15H2,1-2H3. The second-order valence-electron chi connectivity index (χ2n) is 4.81. The van der Waals surface area contributed by atoms with Crippen LogP contribution in [-0.4, -0.2) is 46.2 Å². The molecule has 0 radical (unpaired) electrons. The Morgan fingerprint density at radius 3 is 2.43 bits per heavy atom. The number of hydrogen-bond donors (Lipinski definition) is 1. The van der Waals surface area contributed by atoms with E-state index in [-0.39, 0.29) is 5.75 Å². The van der Waals surface area contributed by atoms with E-state index >= 15 is 0 Å². The van der Waals surface area contributed by atoms with Crippen LogP contribution in [-0.2, 0) is 25.8 Å². The molecule has 0 fully saturated rings. The van der Waals surface area contributed by atoms with E-state index in [2.05, 4.69) is 4.74 Å². The summed E-state index contributed by atoms with van der Waals surface area (Å²) in [5.41, 5.74) is 6.57. The Hall–Kier alpha value is -1.60. The summed E-state index contributed by atoms with van der Waals surface area (Å²) in [6, 6.07) is 6.47. The second-order valence-corrected chi connectivity index (χ2v) is 7.07. The lowest BCUT2D eigenvalue weighted by atomic mass is 10.1. The highest BCUT2D eigenvalue weighted by molar-refractivity contribution is 7.90. The van der Waals surface area contributed by atoms with Crippen molar-refractivity contribution in [2.75, 3.05) is 25.7 Å². The number of esters is 1. The summed E-state index contributed by atoms with van der Waals surface area (Å²) in [7, 11) is -1.65. The summed E-state index contributed by atoms with van der Waals surface area (Å²) < 4.78 is 31.9. The van der Waals surface area contributed by atoms with Gasteiger partial charge in [-0.3, -0.25) is 4.79 Å². The quantitative estimate of drug-likeness (QED) is 0.556. The first-order chi connectivity index (χ1) is 9.81. The summed E-state index contributed by atoms with van der Waals surface area (Å²) in [4.78, 5) is 11.2. The molecule has 7 heteroatoms. The molecule has 0 saturated carbocycles. The van der Waals surface area contributed by atoms with Crippen molar-refractivity contribution in [3.63, 3.8) is 0 Å². The lowest BCUT2D eigenvalue weighted by Crippen LogP contribution is -2.33. The van der Waals surface area contributed by atoms with E-state index in [1.165, 1.54) is 13.4 Å². The van der Waals surface area contributed by atoms with Gasteiger partial charge in [0.05, 0.1) is 19.5 Å². The van der Waals surface area contributed by atoms with Gasteiger partial charge in [-0.25, -0.2) is 8.42 Å².